The zero-order valence-electron chi connectivity index (χ0n) is 10.2. The summed E-state index contributed by atoms with van der Waals surface area (Å²) in [6.07, 6.45) is 2.71. The van der Waals surface area contributed by atoms with E-state index in [0.717, 1.165) is 37.1 Å². The highest BCUT2D eigenvalue weighted by atomic mass is 16.3. The molecule has 0 amide bonds. The monoisotopic (exact) mass is 222 g/mol. The highest BCUT2D eigenvalue weighted by Gasteiger charge is 2.22. The maximum atomic E-state index is 5.34. The average molecular weight is 222 g/mol. The van der Waals surface area contributed by atoms with Crippen LogP contribution >= 0.6 is 0 Å². The molecule has 16 heavy (non-hydrogen) atoms. The van der Waals surface area contributed by atoms with Crippen molar-refractivity contribution in [2.24, 2.45) is 11.8 Å². The molecule has 1 aliphatic heterocycles. The molecular formula is C13H22N2O. The summed E-state index contributed by atoms with van der Waals surface area (Å²) >= 11 is 0. The molecule has 1 saturated heterocycles. The fourth-order valence-corrected chi connectivity index (χ4v) is 2.29. The first-order chi connectivity index (χ1) is 7.75. The van der Waals surface area contributed by atoms with E-state index in [1.807, 2.05) is 12.1 Å². The van der Waals surface area contributed by atoms with Crippen molar-refractivity contribution in [3.8, 4) is 0 Å². The predicted molar refractivity (Wildman–Crippen MR) is 65.4 cm³/mol. The van der Waals surface area contributed by atoms with Crippen molar-refractivity contribution < 1.29 is 4.42 Å². The molecule has 0 spiro atoms. The fourth-order valence-electron chi connectivity index (χ4n) is 2.29. The molecule has 0 radical (unpaired) electrons. The Hall–Kier alpha value is -0.800. The van der Waals surface area contributed by atoms with Gasteiger partial charge in [0, 0.05) is 12.5 Å². The summed E-state index contributed by atoms with van der Waals surface area (Å²) < 4.78 is 5.34. The molecule has 0 aromatic carbocycles. The number of nitrogens with one attached hydrogen (secondary N) is 2. The third-order valence-corrected chi connectivity index (χ3v) is 3.49. The summed E-state index contributed by atoms with van der Waals surface area (Å²) in [7, 11) is 0. The van der Waals surface area contributed by atoms with Crippen LogP contribution in [0.2, 0.25) is 0 Å². The third kappa shape index (κ3) is 3.09. The van der Waals surface area contributed by atoms with E-state index in [4.69, 9.17) is 4.42 Å². The Morgan fingerprint density at radius 2 is 2.44 bits per heavy atom. The van der Waals surface area contributed by atoms with Crippen LogP contribution in [0.3, 0.4) is 0 Å². The van der Waals surface area contributed by atoms with Crippen LogP contribution in [0.1, 0.15) is 19.6 Å². The van der Waals surface area contributed by atoms with Crippen molar-refractivity contribution in [1.82, 2.24) is 10.6 Å². The molecule has 1 aliphatic rings. The van der Waals surface area contributed by atoms with Crippen molar-refractivity contribution in [1.29, 1.82) is 0 Å². The minimum atomic E-state index is 0.485. The lowest BCUT2D eigenvalue weighted by Gasteiger charge is -2.18. The van der Waals surface area contributed by atoms with E-state index in [1.54, 1.807) is 6.26 Å². The van der Waals surface area contributed by atoms with Crippen molar-refractivity contribution in [2.45, 2.75) is 26.3 Å². The maximum absolute atomic E-state index is 5.34. The van der Waals surface area contributed by atoms with E-state index in [2.05, 4.69) is 24.5 Å². The van der Waals surface area contributed by atoms with Crippen molar-refractivity contribution in [2.75, 3.05) is 19.6 Å². The molecule has 1 aromatic heterocycles. The SMILES string of the molecule is CC(Cc1ccco1)NC[C@@H]1CNC[C@H]1C. The molecule has 1 fully saturated rings. The molecule has 3 atom stereocenters. The van der Waals surface area contributed by atoms with Gasteiger partial charge in [0.05, 0.1) is 6.26 Å². The largest absolute Gasteiger partial charge is 0.469 e. The molecule has 2 heterocycles. The third-order valence-electron chi connectivity index (χ3n) is 3.49. The summed E-state index contributed by atoms with van der Waals surface area (Å²) in [5.41, 5.74) is 0. The van der Waals surface area contributed by atoms with Gasteiger partial charge in [-0.25, -0.2) is 0 Å². The Bertz CT molecular complexity index is 297. The Morgan fingerprint density at radius 3 is 3.06 bits per heavy atom. The molecule has 90 valence electrons. The standard InChI is InChI=1S/C13H22N2O/c1-10-7-14-8-12(10)9-15-11(2)6-13-4-3-5-16-13/h3-5,10-12,14-15H,6-9H2,1-2H3/t10-,11?,12+/m1/s1. The van der Waals surface area contributed by atoms with E-state index in [9.17, 15) is 0 Å². The van der Waals surface area contributed by atoms with Gasteiger partial charge in [-0.1, -0.05) is 6.92 Å². The zero-order valence-corrected chi connectivity index (χ0v) is 10.2. The van der Waals surface area contributed by atoms with E-state index >= 15 is 0 Å². The fraction of sp³-hybridized carbons (Fsp3) is 0.692. The van der Waals surface area contributed by atoms with Gasteiger partial charge >= 0.3 is 0 Å². The number of rotatable bonds is 5. The Kier molecular flexibility index (Phi) is 4.02. The van der Waals surface area contributed by atoms with Crippen LogP contribution in [-0.4, -0.2) is 25.7 Å². The predicted octanol–water partition coefficient (Wildman–Crippen LogP) is 1.66. The average Bonchev–Trinajstić information content (AvgIpc) is 2.87. The number of hydrogen-bond acceptors (Lipinski definition) is 3. The Labute approximate surface area is 97.6 Å². The van der Waals surface area contributed by atoms with Gasteiger partial charge in [0.2, 0.25) is 0 Å². The molecule has 2 N–H and O–H groups in total. The van der Waals surface area contributed by atoms with E-state index in [1.165, 1.54) is 6.54 Å². The lowest BCUT2D eigenvalue weighted by atomic mass is 9.98. The van der Waals surface area contributed by atoms with Gasteiger partial charge in [-0.3, -0.25) is 0 Å². The van der Waals surface area contributed by atoms with Crippen LogP contribution in [0.4, 0.5) is 0 Å². The first-order valence-electron chi connectivity index (χ1n) is 6.22. The van der Waals surface area contributed by atoms with Gasteiger partial charge in [-0.2, -0.15) is 0 Å². The van der Waals surface area contributed by atoms with Gasteiger partial charge in [-0.15, -0.1) is 0 Å². The van der Waals surface area contributed by atoms with Crippen LogP contribution in [-0.2, 0) is 6.42 Å². The second kappa shape index (κ2) is 5.51. The second-order valence-corrected chi connectivity index (χ2v) is 4.99. The van der Waals surface area contributed by atoms with Gasteiger partial charge in [0.1, 0.15) is 5.76 Å². The van der Waals surface area contributed by atoms with Crippen molar-refractivity contribution in [3.63, 3.8) is 0 Å². The summed E-state index contributed by atoms with van der Waals surface area (Å²) in [5.74, 6) is 2.64. The maximum Gasteiger partial charge on any atom is 0.105 e. The molecular weight excluding hydrogens is 200 g/mol. The second-order valence-electron chi connectivity index (χ2n) is 4.99. The summed E-state index contributed by atoms with van der Waals surface area (Å²) in [4.78, 5) is 0. The molecule has 0 bridgehead atoms. The zero-order chi connectivity index (χ0) is 11.4. The van der Waals surface area contributed by atoms with Gasteiger partial charge in [-0.05, 0) is 50.5 Å². The first kappa shape index (κ1) is 11.7. The number of hydrogen-bond donors (Lipinski definition) is 2. The summed E-state index contributed by atoms with van der Waals surface area (Å²) in [6.45, 7) is 7.97. The number of furan rings is 1. The van der Waals surface area contributed by atoms with Gasteiger partial charge in [0.25, 0.3) is 0 Å². The van der Waals surface area contributed by atoms with Crippen LogP contribution in [0.25, 0.3) is 0 Å². The minimum absolute atomic E-state index is 0.485. The van der Waals surface area contributed by atoms with Crippen molar-refractivity contribution >= 4 is 0 Å². The summed E-state index contributed by atoms with van der Waals surface area (Å²) in [6, 6.07) is 4.47. The topological polar surface area (TPSA) is 37.2 Å². The molecule has 3 heteroatoms. The molecule has 0 saturated carbocycles. The van der Waals surface area contributed by atoms with E-state index in [0.29, 0.717) is 6.04 Å². The van der Waals surface area contributed by atoms with Crippen LogP contribution in [0, 0.1) is 11.8 Å². The molecule has 3 nitrogen and oxygen atoms in total. The highest BCUT2D eigenvalue weighted by molar-refractivity contribution is 5.00. The Balaban J connectivity index is 1.69. The first-order valence-corrected chi connectivity index (χ1v) is 6.22. The van der Waals surface area contributed by atoms with Crippen LogP contribution in [0.5, 0.6) is 0 Å². The van der Waals surface area contributed by atoms with Gasteiger partial charge < -0.3 is 15.1 Å². The highest BCUT2D eigenvalue weighted by Crippen LogP contribution is 2.15. The van der Waals surface area contributed by atoms with Gasteiger partial charge in [0.15, 0.2) is 0 Å². The van der Waals surface area contributed by atoms with E-state index < -0.39 is 0 Å². The summed E-state index contributed by atoms with van der Waals surface area (Å²) in [5, 5.41) is 7.03. The molecule has 2 rings (SSSR count). The van der Waals surface area contributed by atoms with Crippen LogP contribution in [0.15, 0.2) is 22.8 Å². The Morgan fingerprint density at radius 1 is 1.56 bits per heavy atom. The lowest BCUT2D eigenvalue weighted by molar-refractivity contribution is 0.383. The lowest BCUT2D eigenvalue weighted by Crippen LogP contribution is -2.34. The molecule has 1 aromatic rings. The smallest absolute Gasteiger partial charge is 0.105 e. The van der Waals surface area contributed by atoms with Crippen molar-refractivity contribution in [3.05, 3.63) is 24.2 Å². The van der Waals surface area contributed by atoms with E-state index in [-0.39, 0.29) is 0 Å². The molecule has 1 unspecified atom stereocenters. The minimum Gasteiger partial charge on any atom is -0.469 e. The normalized spacial score (nSPS) is 27.1. The molecule has 0 aliphatic carbocycles. The quantitative estimate of drug-likeness (QED) is 0.795. The van der Waals surface area contributed by atoms with Crippen LogP contribution < -0.4 is 10.6 Å².